The molecule has 7 heterocycles. The maximum absolute atomic E-state index is 6.16. The molecular formula is C28H23N11O. The Labute approximate surface area is 227 Å². The summed E-state index contributed by atoms with van der Waals surface area (Å²) < 4.78 is 11.5. The van der Waals surface area contributed by atoms with Crippen LogP contribution in [-0.2, 0) is 13.6 Å². The molecular weight excluding hydrogens is 506 g/mol. The van der Waals surface area contributed by atoms with Crippen molar-refractivity contribution in [2.45, 2.75) is 26.3 Å². The van der Waals surface area contributed by atoms with Crippen molar-refractivity contribution in [3.05, 3.63) is 83.8 Å². The first-order valence-corrected chi connectivity index (χ1v) is 13.0. The SMILES string of the molecule is CCn1cc(-c2cc(-c3nc4c5c(ncn4n3)Oc3n[nH]c(C)c3C5c3cnn(C)c3)c3ccccc3n2)cn1. The predicted molar refractivity (Wildman–Crippen MR) is 146 cm³/mol. The van der Waals surface area contributed by atoms with Crippen LogP contribution in [0.3, 0.4) is 0 Å². The summed E-state index contributed by atoms with van der Waals surface area (Å²) in [6.07, 6.45) is 9.32. The number of nitrogens with one attached hydrogen (secondary N) is 1. The number of nitrogens with zero attached hydrogens (tertiary/aromatic N) is 10. The lowest BCUT2D eigenvalue weighted by atomic mass is 9.86. The van der Waals surface area contributed by atoms with Gasteiger partial charge in [0.2, 0.25) is 11.8 Å². The van der Waals surface area contributed by atoms with Crippen molar-refractivity contribution in [3.63, 3.8) is 0 Å². The van der Waals surface area contributed by atoms with Gasteiger partial charge >= 0.3 is 0 Å². The van der Waals surface area contributed by atoms with Crippen molar-refractivity contribution in [2.24, 2.45) is 7.05 Å². The zero-order valence-corrected chi connectivity index (χ0v) is 21.9. The Kier molecular flexibility index (Phi) is 4.69. The molecule has 1 N–H and O–H groups in total. The number of pyridine rings is 1. The molecule has 0 saturated carbocycles. The molecule has 1 atom stereocenters. The fourth-order valence-corrected chi connectivity index (χ4v) is 5.48. The van der Waals surface area contributed by atoms with E-state index in [-0.39, 0.29) is 5.92 Å². The van der Waals surface area contributed by atoms with Crippen LogP contribution >= 0.6 is 0 Å². The van der Waals surface area contributed by atoms with Gasteiger partial charge in [0.05, 0.1) is 35.1 Å². The molecule has 0 spiro atoms. The van der Waals surface area contributed by atoms with Gasteiger partial charge < -0.3 is 4.74 Å². The average molecular weight is 530 g/mol. The normalized spacial score (nSPS) is 14.4. The van der Waals surface area contributed by atoms with Gasteiger partial charge in [0.1, 0.15) is 6.33 Å². The first-order valence-electron chi connectivity index (χ1n) is 13.0. The molecule has 12 nitrogen and oxygen atoms in total. The zero-order valence-electron chi connectivity index (χ0n) is 21.9. The molecule has 7 aromatic rings. The van der Waals surface area contributed by atoms with Crippen LogP contribution in [0, 0.1) is 6.92 Å². The summed E-state index contributed by atoms with van der Waals surface area (Å²) in [6.45, 7) is 4.82. The smallest absolute Gasteiger partial charge is 0.244 e. The van der Waals surface area contributed by atoms with Crippen LogP contribution < -0.4 is 4.74 Å². The topological polar surface area (TPSA) is 130 Å². The van der Waals surface area contributed by atoms with Crippen LogP contribution in [0.5, 0.6) is 11.8 Å². The Morgan fingerprint density at radius 2 is 1.93 bits per heavy atom. The first kappa shape index (κ1) is 22.6. The standard InChI is InChI=1S/C28H23N11O/c1-4-38-13-16(10-31-38)21-9-19(18-7-5-6-8-20(18)32-21)25-33-26-24-23(17-11-30-37(3)12-17)22-15(2)34-35-28(22)40-27(24)29-14-39(26)36-25/h5-14,23H,4H2,1-3H3,(H,34,35). The molecule has 6 aromatic heterocycles. The fourth-order valence-electron chi connectivity index (χ4n) is 5.48. The van der Waals surface area contributed by atoms with Gasteiger partial charge in [-0.25, -0.2) is 19.5 Å². The number of ether oxygens (including phenoxy) is 1. The van der Waals surface area contributed by atoms with Gasteiger partial charge in [-0.15, -0.1) is 10.2 Å². The summed E-state index contributed by atoms with van der Waals surface area (Å²) in [5, 5.41) is 22.2. The molecule has 1 aliphatic rings. The number of H-pyrrole nitrogens is 1. The van der Waals surface area contributed by atoms with Crippen molar-refractivity contribution in [1.82, 2.24) is 54.3 Å². The predicted octanol–water partition coefficient (Wildman–Crippen LogP) is 4.27. The van der Waals surface area contributed by atoms with Crippen molar-refractivity contribution in [3.8, 4) is 34.4 Å². The van der Waals surface area contributed by atoms with E-state index in [1.54, 1.807) is 15.5 Å². The Bertz CT molecular complexity index is 2080. The van der Waals surface area contributed by atoms with Crippen LogP contribution in [0.15, 0.2) is 61.4 Å². The van der Waals surface area contributed by atoms with Crippen molar-refractivity contribution in [1.29, 1.82) is 0 Å². The minimum atomic E-state index is -0.232. The Morgan fingerprint density at radius 1 is 1.02 bits per heavy atom. The fraction of sp³-hybridized carbons (Fsp3) is 0.179. The van der Waals surface area contributed by atoms with Gasteiger partial charge in [0, 0.05) is 59.3 Å². The number of hydrogen-bond acceptors (Lipinski definition) is 8. The van der Waals surface area contributed by atoms with E-state index in [9.17, 15) is 0 Å². The number of aromatic nitrogens is 11. The highest BCUT2D eigenvalue weighted by atomic mass is 16.5. The molecule has 196 valence electrons. The summed E-state index contributed by atoms with van der Waals surface area (Å²) in [5.41, 5.74) is 7.77. The third-order valence-corrected chi connectivity index (χ3v) is 7.39. The molecule has 0 fully saturated rings. The lowest BCUT2D eigenvalue weighted by Gasteiger charge is -2.24. The second-order valence-electron chi connectivity index (χ2n) is 9.87. The van der Waals surface area contributed by atoms with Gasteiger partial charge in [-0.3, -0.25) is 14.5 Å². The number of rotatable bonds is 4. The van der Waals surface area contributed by atoms with Crippen LogP contribution in [0.2, 0.25) is 0 Å². The number of aromatic amines is 1. The largest absolute Gasteiger partial charge is 0.418 e. The average Bonchev–Trinajstić information content (AvgIpc) is 3.78. The summed E-state index contributed by atoms with van der Waals surface area (Å²) in [7, 11) is 1.90. The maximum atomic E-state index is 6.16. The molecule has 0 saturated heterocycles. The summed E-state index contributed by atoms with van der Waals surface area (Å²) in [6, 6.07) is 10.1. The third kappa shape index (κ3) is 3.28. The zero-order chi connectivity index (χ0) is 27.0. The van der Waals surface area contributed by atoms with Gasteiger partial charge in [-0.2, -0.15) is 10.2 Å². The van der Waals surface area contributed by atoms with Crippen molar-refractivity contribution in [2.75, 3.05) is 0 Å². The number of benzene rings is 1. The Morgan fingerprint density at radius 3 is 2.75 bits per heavy atom. The van der Waals surface area contributed by atoms with Gasteiger partial charge in [0.25, 0.3) is 0 Å². The molecule has 0 radical (unpaired) electrons. The van der Waals surface area contributed by atoms with Gasteiger partial charge in [-0.1, -0.05) is 18.2 Å². The summed E-state index contributed by atoms with van der Waals surface area (Å²) in [5.74, 6) is 1.29. The minimum absolute atomic E-state index is 0.232. The molecule has 1 aromatic carbocycles. The Hall–Kier alpha value is -5.39. The monoisotopic (exact) mass is 529 g/mol. The number of hydrogen-bond donors (Lipinski definition) is 1. The number of fused-ring (bicyclic) bond motifs is 5. The first-order chi connectivity index (χ1) is 19.6. The molecule has 8 rings (SSSR count). The van der Waals surface area contributed by atoms with E-state index < -0.39 is 0 Å². The van der Waals surface area contributed by atoms with Crippen LogP contribution in [0.1, 0.15) is 35.2 Å². The Balaban J connectivity index is 1.36. The molecule has 1 unspecified atom stereocenters. The number of aryl methyl sites for hydroxylation is 3. The highest BCUT2D eigenvalue weighted by Crippen LogP contribution is 2.48. The minimum Gasteiger partial charge on any atom is -0.418 e. The van der Waals surface area contributed by atoms with E-state index in [0.29, 0.717) is 23.2 Å². The highest BCUT2D eigenvalue weighted by molar-refractivity contribution is 5.95. The lowest BCUT2D eigenvalue weighted by molar-refractivity contribution is 0.416. The quantitative estimate of drug-likeness (QED) is 0.358. The summed E-state index contributed by atoms with van der Waals surface area (Å²) >= 11 is 0. The van der Waals surface area contributed by atoms with Gasteiger partial charge in [0.15, 0.2) is 11.5 Å². The third-order valence-electron chi connectivity index (χ3n) is 7.39. The second kappa shape index (κ2) is 8.30. The van der Waals surface area contributed by atoms with E-state index in [4.69, 9.17) is 19.8 Å². The van der Waals surface area contributed by atoms with Gasteiger partial charge in [-0.05, 0) is 26.0 Å². The van der Waals surface area contributed by atoms with E-state index in [1.807, 2.05) is 73.8 Å². The molecule has 40 heavy (non-hydrogen) atoms. The van der Waals surface area contributed by atoms with E-state index in [2.05, 4.69) is 32.3 Å². The van der Waals surface area contributed by atoms with Crippen LogP contribution in [-0.4, -0.2) is 54.3 Å². The molecule has 0 bridgehead atoms. The molecule has 1 aliphatic heterocycles. The van der Waals surface area contributed by atoms with E-state index in [1.165, 1.54) is 0 Å². The van der Waals surface area contributed by atoms with Crippen LogP contribution in [0.25, 0.3) is 39.2 Å². The van der Waals surface area contributed by atoms with Crippen LogP contribution in [0.4, 0.5) is 0 Å². The summed E-state index contributed by atoms with van der Waals surface area (Å²) in [4.78, 5) is 14.6. The highest BCUT2D eigenvalue weighted by Gasteiger charge is 2.37. The van der Waals surface area contributed by atoms with Crippen molar-refractivity contribution < 1.29 is 4.74 Å². The lowest BCUT2D eigenvalue weighted by Crippen LogP contribution is -2.14. The van der Waals surface area contributed by atoms with E-state index in [0.717, 1.165) is 56.7 Å². The molecule has 0 amide bonds. The van der Waals surface area contributed by atoms with E-state index >= 15 is 0 Å². The molecule has 12 heteroatoms. The maximum Gasteiger partial charge on any atom is 0.244 e. The number of para-hydroxylation sites is 1. The van der Waals surface area contributed by atoms with Crippen molar-refractivity contribution >= 4 is 16.6 Å². The second-order valence-corrected chi connectivity index (χ2v) is 9.87. The molecule has 0 aliphatic carbocycles.